The van der Waals surface area contributed by atoms with Crippen LogP contribution in [-0.4, -0.2) is 23.7 Å². The zero-order valence-corrected chi connectivity index (χ0v) is 11.9. The van der Waals surface area contributed by atoms with E-state index >= 15 is 0 Å². The molecule has 0 aliphatic carbocycles. The molecule has 104 valence electrons. The van der Waals surface area contributed by atoms with Crippen molar-refractivity contribution in [1.29, 1.82) is 0 Å². The molecule has 0 aliphatic rings. The third-order valence-corrected chi connectivity index (χ3v) is 1.69. The van der Waals surface area contributed by atoms with Gasteiger partial charge in [0, 0.05) is 13.3 Å². The molecular weight excluding hydrogens is 232 g/mol. The van der Waals surface area contributed by atoms with Crippen LogP contribution in [0.4, 0.5) is 0 Å². The van der Waals surface area contributed by atoms with Gasteiger partial charge in [0.05, 0.1) is 0 Å². The summed E-state index contributed by atoms with van der Waals surface area (Å²) in [6.07, 6.45) is 4.68. The van der Waals surface area contributed by atoms with Crippen LogP contribution in [0.5, 0.6) is 0 Å². The lowest BCUT2D eigenvalue weighted by atomic mass is 10.2. The van der Waals surface area contributed by atoms with Crippen molar-refractivity contribution in [2.24, 2.45) is 0 Å². The number of rotatable bonds is 5. The average molecular weight is 256 g/mol. The number of esters is 1. The Hall–Kier alpha value is -1.58. The van der Waals surface area contributed by atoms with Gasteiger partial charge in [0.2, 0.25) is 0 Å². The molecule has 0 unspecified atom stereocenters. The molecule has 0 aromatic heterocycles. The standard InChI is InChI=1S/2C7H12O2/c1-6(2)4-5-9-7(3)8;1-6(2)4-3-5-7(8)9/h4H,5H2,1-3H3;4H,3,5H2,1-2H3,(H,8,9). The number of carboxylic acids is 1. The van der Waals surface area contributed by atoms with Crippen molar-refractivity contribution in [1.82, 2.24) is 0 Å². The smallest absolute Gasteiger partial charge is 0.303 e. The Morgan fingerprint density at radius 2 is 1.50 bits per heavy atom. The molecule has 4 heteroatoms. The molecule has 0 bridgehead atoms. The van der Waals surface area contributed by atoms with E-state index in [2.05, 4.69) is 4.74 Å². The van der Waals surface area contributed by atoms with E-state index in [1.807, 2.05) is 39.8 Å². The number of allylic oxidation sites excluding steroid dienone is 3. The number of carboxylic acid groups (broad SMARTS) is 1. The van der Waals surface area contributed by atoms with Gasteiger partial charge in [0.15, 0.2) is 0 Å². The van der Waals surface area contributed by atoms with Crippen LogP contribution in [0.3, 0.4) is 0 Å². The lowest BCUT2D eigenvalue weighted by Gasteiger charge is -1.94. The highest BCUT2D eigenvalue weighted by molar-refractivity contribution is 5.66. The molecule has 1 N–H and O–H groups in total. The van der Waals surface area contributed by atoms with Crippen molar-refractivity contribution in [3.8, 4) is 0 Å². The van der Waals surface area contributed by atoms with Gasteiger partial charge < -0.3 is 9.84 Å². The van der Waals surface area contributed by atoms with Gasteiger partial charge >= 0.3 is 11.9 Å². The third kappa shape index (κ3) is 23.9. The van der Waals surface area contributed by atoms with E-state index in [4.69, 9.17) is 5.11 Å². The molecule has 4 nitrogen and oxygen atoms in total. The summed E-state index contributed by atoms with van der Waals surface area (Å²) < 4.78 is 4.64. The second-order valence-electron chi connectivity index (χ2n) is 4.30. The first-order valence-corrected chi connectivity index (χ1v) is 5.87. The van der Waals surface area contributed by atoms with Crippen LogP contribution < -0.4 is 0 Å². The molecule has 0 spiro atoms. The first kappa shape index (κ1) is 18.8. The predicted octanol–water partition coefficient (Wildman–Crippen LogP) is 3.33. The predicted molar refractivity (Wildman–Crippen MR) is 72.4 cm³/mol. The zero-order chi connectivity index (χ0) is 14.6. The number of hydrogen-bond donors (Lipinski definition) is 1. The van der Waals surface area contributed by atoms with Crippen LogP contribution in [0, 0.1) is 0 Å². The van der Waals surface area contributed by atoms with E-state index in [0.29, 0.717) is 13.0 Å². The van der Waals surface area contributed by atoms with Crippen molar-refractivity contribution in [2.45, 2.75) is 47.5 Å². The number of carbonyl (C=O) groups excluding carboxylic acids is 1. The summed E-state index contributed by atoms with van der Waals surface area (Å²) in [5.41, 5.74) is 2.34. The van der Waals surface area contributed by atoms with Gasteiger partial charge in [-0.05, 0) is 40.2 Å². The Bertz CT molecular complexity index is 274. The quantitative estimate of drug-likeness (QED) is 0.605. The van der Waals surface area contributed by atoms with Crippen molar-refractivity contribution in [2.75, 3.05) is 6.61 Å². The molecule has 0 aromatic rings. The first-order chi connectivity index (χ1) is 8.25. The Morgan fingerprint density at radius 1 is 1.00 bits per heavy atom. The number of hydrogen-bond acceptors (Lipinski definition) is 3. The van der Waals surface area contributed by atoms with E-state index < -0.39 is 5.97 Å². The van der Waals surface area contributed by atoms with E-state index in [1.54, 1.807) is 0 Å². The highest BCUT2D eigenvalue weighted by Gasteiger charge is 1.91. The van der Waals surface area contributed by atoms with E-state index in [1.165, 1.54) is 12.5 Å². The molecular formula is C14H24O4. The van der Waals surface area contributed by atoms with Crippen molar-refractivity contribution >= 4 is 11.9 Å². The van der Waals surface area contributed by atoms with Crippen LogP contribution in [0.25, 0.3) is 0 Å². The second kappa shape index (κ2) is 11.9. The van der Waals surface area contributed by atoms with Crippen LogP contribution in [0.1, 0.15) is 47.5 Å². The molecule has 0 aromatic carbocycles. The van der Waals surface area contributed by atoms with Gasteiger partial charge in [-0.15, -0.1) is 0 Å². The van der Waals surface area contributed by atoms with Gasteiger partial charge in [-0.1, -0.05) is 17.2 Å². The fourth-order valence-electron chi connectivity index (χ4n) is 0.810. The fourth-order valence-corrected chi connectivity index (χ4v) is 0.810. The Labute approximate surface area is 109 Å². The van der Waals surface area contributed by atoms with Crippen molar-refractivity contribution < 1.29 is 19.4 Å². The number of ether oxygens (including phenoxy) is 1. The Kier molecular flexibility index (Phi) is 12.4. The summed E-state index contributed by atoms with van der Waals surface area (Å²) in [6, 6.07) is 0. The van der Waals surface area contributed by atoms with Gasteiger partial charge in [-0.25, -0.2) is 0 Å². The summed E-state index contributed by atoms with van der Waals surface area (Å²) in [5.74, 6) is -0.958. The SMILES string of the molecule is CC(=O)OCC=C(C)C.CC(C)=CCCC(=O)O. The topological polar surface area (TPSA) is 63.6 Å². The molecule has 0 radical (unpaired) electrons. The van der Waals surface area contributed by atoms with E-state index in [-0.39, 0.29) is 12.4 Å². The van der Waals surface area contributed by atoms with E-state index in [9.17, 15) is 9.59 Å². The van der Waals surface area contributed by atoms with Crippen molar-refractivity contribution in [3.05, 3.63) is 23.3 Å². The van der Waals surface area contributed by atoms with Gasteiger partial charge in [-0.2, -0.15) is 0 Å². The monoisotopic (exact) mass is 256 g/mol. The second-order valence-corrected chi connectivity index (χ2v) is 4.30. The molecule has 0 fully saturated rings. The molecule has 0 amide bonds. The minimum absolute atomic E-state index is 0.229. The maximum atomic E-state index is 10.2. The highest BCUT2D eigenvalue weighted by Crippen LogP contribution is 1.95. The third-order valence-electron chi connectivity index (χ3n) is 1.69. The summed E-state index contributed by atoms with van der Waals surface area (Å²) in [5, 5.41) is 8.20. The van der Waals surface area contributed by atoms with Crippen LogP contribution >= 0.6 is 0 Å². The lowest BCUT2D eigenvalue weighted by molar-refractivity contribution is -0.140. The van der Waals surface area contributed by atoms with Crippen molar-refractivity contribution in [3.63, 3.8) is 0 Å². The zero-order valence-electron chi connectivity index (χ0n) is 11.9. The van der Waals surface area contributed by atoms with Crippen LogP contribution in [-0.2, 0) is 14.3 Å². The highest BCUT2D eigenvalue weighted by atomic mass is 16.5. The summed E-state index contributed by atoms with van der Waals surface area (Å²) >= 11 is 0. The molecule has 0 saturated carbocycles. The van der Waals surface area contributed by atoms with Crippen LogP contribution in [0.2, 0.25) is 0 Å². The minimum Gasteiger partial charge on any atom is -0.481 e. The van der Waals surface area contributed by atoms with Gasteiger partial charge in [0.25, 0.3) is 0 Å². The van der Waals surface area contributed by atoms with Gasteiger partial charge in [-0.3, -0.25) is 9.59 Å². The van der Waals surface area contributed by atoms with Crippen LogP contribution in [0.15, 0.2) is 23.3 Å². The maximum Gasteiger partial charge on any atom is 0.303 e. The molecule has 0 heterocycles. The normalized spacial score (nSPS) is 8.50. The number of carbonyl (C=O) groups is 2. The van der Waals surface area contributed by atoms with Gasteiger partial charge in [0.1, 0.15) is 6.61 Å². The minimum atomic E-state index is -0.729. The lowest BCUT2D eigenvalue weighted by Crippen LogP contribution is -1.97. The fraction of sp³-hybridized carbons (Fsp3) is 0.571. The Morgan fingerprint density at radius 3 is 1.83 bits per heavy atom. The molecule has 0 rings (SSSR count). The molecule has 0 aliphatic heterocycles. The first-order valence-electron chi connectivity index (χ1n) is 5.87. The summed E-state index contributed by atoms with van der Waals surface area (Å²) in [7, 11) is 0. The largest absolute Gasteiger partial charge is 0.481 e. The molecule has 18 heavy (non-hydrogen) atoms. The molecule has 0 saturated heterocycles. The maximum absolute atomic E-state index is 10.2. The molecule has 0 atom stereocenters. The summed E-state index contributed by atoms with van der Waals surface area (Å²) in [6.45, 7) is 9.65. The number of aliphatic carboxylic acids is 1. The Balaban J connectivity index is 0. The van der Waals surface area contributed by atoms with E-state index in [0.717, 1.165) is 5.57 Å². The average Bonchev–Trinajstić information content (AvgIpc) is 2.15. The summed E-state index contributed by atoms with van der Waals surface area (Å²) in [4.78, 5) is 20.1.